The van der Waals surface area contributed by atoms with Crippen LogP contribution in [0, 0.1) is 0 Å². The summed E-state index contributed by atoms with van der Waals surface area (Å²) in [7, 11) is 0. The lowest BCUT2D eigenvalue weighted by atomic mass is 10.1. The molecule has 1 fully saturated rings. The van der Waals surface area contributed by atoms with Crippen LogP contribution in [0.1, 0.15) is 36.9 Å². The predicted molar refractivity (Wildman–Crippen MR) is 69.4 cm³/mol. The fourth-order valence-electron chi connectivity index (χ4n) is 2.11. The topological polar surface area (TPSA) is 58.6 Å². The lowest BCUT2D eigenvalue weighted by Gasteiger charge is -2.06. The van der Waals surface area contributed by atoms with Crippen LogP contribution in [0.3, 0.4) is 0 Å². The number of hydrogen-bond acceptors (Lipinski definition) is 3. The smallest absolute Gasteiger partial charge is 0.251 e. The van der Waals surface area contributed by atoms with Gasteiger partial charge in [0, 0.05) is 18.2 Å². The molecule has 1 N–H and O–H groups in total. The van der Waals surface area contributed by atoms with E-state index in [4.69, 9.17) is 0 Å². The maximum atomic E-state index is 11.7. The average molecular weight is 241 g/mol. The number of H-pyrrole nitrogens is 1. The molecule has 0 unspecified atom stereocenters. The van der Waals surface area contributed by atoms with Gasteiger partial charge >= 0.3 is 0 Å². The summed E-state index contributed by atoms with van der Waals surface area (Å²) in [6.45, 7) is 2.07. The van der Waals surface area contributed by atoms with Crippen molar-refractivity contribution in [3.05, 3.63) is 46.0 Å². The molecule has 4 heteroatoms. The molecule has 1 aliphatic rings. The Bertz CT molecular complexity index is 629. The van der Waals surface area contributed by atoms with Crippen molar-refractivity contribution in [2.75, 3.05) is 0 Å². The summed E-state index contributed by atoms with van der Waals surface area (Å²) < 4.78 is 0. The molecular formula is C14H15N3O. The second-order valence-corrected chi connectivity index (χ2v) is 4.66. The number of nitrogens with zero attached hydrogens (tertiary/aromatic N) is 2. The SMILES string of the molecule is CCc1cccnc1-c1nc(C2CC2)cc(=O)[nH]1. The number of rotatable bonds is 3. The van der Waals surface area contributed by atoms with Gasteiger partial charge in [-0.2, -0.15) is 0 Å². The third-order valence-corrected chi connectivity index (χ3v) is 3.25. The van der Waals surface area contributed by atoms with Crippen molar-refractivity contribution in [3.63, 3.8) is 0 Å². The van der Waals surface area contributed by atoms with Crippen molar-refractivity contribution in [1.82, 2.24) is 15.0 Å². The van der Waals surface area contributed by atoms with E-state index in [0.717, 1.165) is 36.2 Å². The molecule has 0 aliphatic heterocycles. The van der Waals surface area contributed by atoms with Crippen molar-refractivity contribution in [1.29, 1.82) is 0 Å². The summed E-state index contributed by atoms with van der Waals surface area (Å²) in [5.41, 5.74) is 2.71. The maximum Gasteiger partial charge on any atom is 0.251 e. The molecule has 0 saturated heterocycles. The maximum absolute atomic E-state index is 11.7. The van der Waals surface area contributed by atoms with Crippen LogP contribution >= 0.6 is 0 Å². The van der Waals surface area contributed by atoms with Crippen molar-refractivity contribution in [2.24, 2.45) is 0 Å². The van der Waals surface area contributed by atoms with Gasteiger partial charge in [-0.3, -0.25) is 9.78 Å². The number of aromatic nitrogens is 3. The van der Waals surface area contributed by atoms with E-state index >= 15 is 0 Å². The first-order chi connectivity index (χ1) is 8.78. The summed E-state index contributed by atoms with van der Waals surface area (Å²) in [4.78, 5) is 23.4. The zero-order chi connectivity index (χ0) is 12.5. The summed E-state index contributed by atoms with van der Waals surface area (Å²) in [6.07, 6.45) is 4.89. The normalized spacial score (nSPS) is 14.7. The van der Waals surface area contributed by atoms with Crippen molar-refractivity contribution in [2.45, 2.75) is 32.1 Å². The van der Waals surface area contributed by atoms with Gasteiger partial charge in [-0.1, -0.05) is 13.0 Å². The highest BCUT2D eigenvalue weighted by Crippen LogP contribution is 2.38. The van der Waals surface area contributed by atoms with E-state index in [9.17, 15) is 4.79 Å². The highest BCUT2D eigenvalue weighted by atomic mass is 16.1. The minimum atomic E-state index is -0.0883. The molecule has 1 aliphatic carbocycles. The minimum Gasteiger partial charge on any atom is -0.305 e. The molecule has 3 rings (SSSR count). The molecule has 18 heavy (non-hydrogen) atoms. The van der Waals surface area contributed by atoms with Gasteiger partial charge in [-0.05, 0) is 30.9 Å². The van der Waals surface area contributed by atoms with E-state index in [1.54, 1.807) is 12.3 Å². The average Bonchev–Trinajstić information content (AvgIpc) is 3.22. The predicted octanol–water partition coefficient (Wildman–Crippen LogP) is 2.27. The van der Waals surface area contributed by atoms with Crippen LogP contribution in [0.2, 0.25) is 0 Å². The fraction of sp³-hybridized carbons (Fsp3) is 0.357. The van der Waals surface area contributed by atoms with Crippen LogP contribution in [-0.4, -0.2) is 15.0 Å². The molecule has 2 aromatic rings. The zero-order valence-electron chi connectivity index (χ0n) is 10.3. The van der Waals surface area contributed by atoms with E-state index in [-0.39, 0.29) is 5.56 Å². The lowest BCUT2D eigenvalue weighted by Crippen LogP contribution is -2.11. The highest BCUT2D eigenvalue weighted by molar-refractivity contribution is 5.54. The number of nitrogens with one attached hydrogen (secondary N) is 1. The third kappa shape index (κ3) is 2.06. The van der Waals surface area contributed by atoms with Gasteiger partial charge in [-0.25, -0.2) is 4.98 Å². The molecular weight excluding hydrogens is 226 g/mol. The summed E-state index contributed by atoms with van der Waals surface area (Å²) in [5, 5.41) is 0. The van der Waals surface area contributed by atoms with Gasteiger partial charge in [0.15, 0.2) is 5.82 Å². The van der Waals surface area contributed by atoms with Gasteiger partial charge in [0.2, 0.25) is 0 Å². The number of aromatic amines is 1. The van der Waals surface area contributed by atoms with Crippen LogP contribution in [0.4, 0.5) is 0 Å². The second-order valence-electron chi connectivity index (χ2n) is 4.66. The molecule has 2 heterocycles. The second kappa shape index (κ2) is 4.37. The Morgan fingerprint density at radius 3 is 3.00 bits per heavy atom. The summed E-state index contributed by atoms with van der Waals surface area (Å²) >= 11 is 0. The first-order valence-corrected chi connectivity index (χ1v) is 6.33. The number of pyridine rings is 1. The molecule has 0 atom stereocenters. The third-order valence-electron chi connectivity index (χ3n) is 3.25. The molecule has 0 aromatic carbocycles. The monoisotopic (exact) mass is 241 g/mol. The Hall–Kier alpha value is -1.97. The minimum absolute atomic E-state index is 0.0883. The highest BCUT2D eigenvalue weighted by Gasteiger charge is 2.26. The van der Waals surface area contributed by atoms with E-state index in [0.29, 0.717) is 11.7 Å². The molecule has 0 spiro atoms. The van der Waals surface area contributed by atoms with Crippen LogP contribution in [0.25, 0.3) is 11.5 Å². The Balaban J connectivity index is 2.13. The van der Waals surface area contributed by atoms with Gasteiger partial charge in [-0.15, -0.1) is 0 Å². The summed E-state index contributed by atoms with van der Waals surface area (Å²) in [6, 6.07) is 5.53. The van der Waals surface area contributed by atoms with Gasteiger partial charge in [0.1, 0.15) is 5.69 Å². The molecule has 2 aromatic heterocycles. The van der Waals surface area contributed by atoms with Crippen LogP contribution < -0.4 is 5.56 Å². The molecule has 4 nitrogen and oxygen atoms in total. The first kappa shape index (κ1) is 11.1. The fourth-order valence-corrected chi connectivity index (χ4v) is 2.11. The lowest BCUT2D eigenvalue weighted by molar-refractivity contribution is 0.962. The van der Waals surface area contributed by atoms with Gasteiger partial charge in [0.25, 0.3) is 5.56 Å². The Morgan fingerprint density at radius 2 is 2.28 bits per heavy atom. The van der Waals surface area contributed by atoms with Crippen LogP contribution in [0.5, 0.6) is 0 Å². The van der Waals surface area contributed by atoms with Gasteiger partial charge < -0.3 is 4.98 Å². The van der Waals surface area contributed by atoms with E-state index in [1.165, 1.54) is 0 Å². The number of hydrogen-bond donors (Lipinski definition) is 1. The largest absolute Gasteiger partial charge is 0.305 e. The Morgan fingerprint density at radius 1 is 1.44 bits per heavy atom. The molecule has 0 bridgehead atoms. The zero-order valence-corrected chi connectivity index (χ0v) is 10.3. The van der Waals surface area contributed by atoms with E-state index < -0.39 is 0 Å². The van der Waals surface area contributed by atoms with Gasteiger partial charge in [0.05, 0.1) is 5.69 Å². The van der Waals surface area contributed by atoms with Crippen LogP contribution in [-0.2, 0) is 6.42 Å². The molecule has 92 valence electrons. The van der Waals surface area contributed by atoms with Crippen molar-refractivity contribution in [3.8, 4) is 11.5 Å². The number of aryl methyl sites for hydroxylation is 1. The summed E-state index contributed by atoms with van der Waals surface area (Å²) in [5.74, 6) is 1.07. The quantitative estimate of drug-likeness (QED) is 0.896. The van der Waals surface area contributed by atoms with E-state index in [1.807, 2.05) is 12.1 Å². The molecule has 0 amide bonds. The molecule has 1 saturated carbocycles. The standard InChI is InChI=1S/C14H15N3O/c1-2-9-4-3-7-15-13(9)14-16-11(10-5-6-10)8-12(18)17-14/h3-4,7-8,10H,2,5-6H2,1H3,(H,16,17,18). The van der Waals surface area contributed by atoms with E-state index in [2.05, 4.69) is 21.9 Å². The van der Waals surface area contributed by atoms with Crippen molar-refractivity contribution >= 4 is 0 Å². The Labute approximate surface area is 105 Å². The van der Waals surface area contributed by atoms with Crippen LogP contribution in [0.15, 0.2) is 29.2 Å². The van der Waals surface area contributed by atoms with Crippen molar-refractivity contribution < 1.29 is 0 Å². The first-order valence-electron chi connectivity index (χ1n) is 6.33. The Kier molecular flexibility index (Phi) is 2.70. The molecule has 0 radical (unpaired) electrons.